The summed E-state index contributed by atoms with van der Waals surface area (Å²) in [5.74, 6) is -1.99. The van der Waals surface area contributed by atoms with E-state index >= 15 is 0 Å². The Labute approximate surface area is 329 Å². The molecule has 15 nitrogen and oxygen atoms in total. The fourth-order valence-electron chi connectivity index (χ4n) is 5.39. The zero-order valence-corrected chi connectivity index (χ0v) is 34.1. The molecule has 1 aromatic carbocycles. The lowest BCUT2D eigenvalue weighted by molar-refractivity contribution is -0.138. The van der Waals surface area contributed by atoms with Crippen molar-refractivity contribution in [2.45, 2.75) is 119 Å². The van der Waals surface area contributed by atoms with E-state index in [9.17, 15) is 33.6 Å². The molecule has 2 rings (SSSR count). The molecule has 0 radical (unpaired) electrons. The molecule has 1 aromatic rings. The number of amides is 7. The van der Waals surface area contributed by atoms with Crippen LogP contribution in [0.5, 0.6) is 0 Å². The Bertz CT molecular complexity index is 1380. The number of nitrogens with one attached hydrogen (secondary N) is 4. The molecule has 0 aliphatic carbocycles. The third-order valence-electron chi connectivity index (χ3n) is 8.25. The molecule has 0 bridgehead atoms. The van der Waals surface area contributed by atoms with Gasteiger partial charge in [-0.25, -0.2) is 9.59 Å². The summed E-state index contributed by atoms with van der Waals surface area (Å²) in [5.41, 5.74) is 6.28. The van der Waals surface area contributed by atoms with Crippen LogP contribution in [0.15, 0.2) is 24.3 Å². The second-order valence-corrected chi connectivity index (χ2v) is 17.4. The third-order valence-corrected chi connectivity index (χ3v) is 10.2. The molecule has 53 heavy (non-hydrogen) atoms. The van der Waals surface area contributed by atoms with Gasteiger partial charge in [-0.2, -0.15) is 0 Å². The number of hydrogen-bond acceptors (Lipinski definition) is 10. The number of unbranched alkanes of at least 4 members (excludes halogenated alkanes) is 4. The first kappa shape index (κ1) is 45.5. The molecule has 1 aliphatic heterocycles. The minimum atomic E-state index is -1.00. The van der Waals surface area contributed by atoms with E-state index in [1.165, 1.54) is 16.7 Å². The van der Waals surface area contributed by atoms with Gasteiger partial charge >= 0.3 is 12.2 Å². The molecule has 2 unspecified atom stereocenters. The summed E-state index contributed by atoms with van der Waals surface area (Å²) >= 11 is 3.70. The van der Waals surface area contributed by atoms with E-state index in [1.807, 2.05) is 6.92 Å². The van der Waals surface area contributed by atoms with Crippen LogP contribution in [0.2, 0.25) is 0 Å². The maximum Gasteiger partial charge on any atom is 0.508 e. The summed E-state index contributed by atoms with van der Waals surface area (Å²) in [6.45, 7) is 8.38. The predicted molar refractivity (Wildman–Crippen MR) is 211 cm³/mol. The minimum Gasteiger partial charge on any atom is -0.434 e. The van der Waals surface area contributed by atoms with Crippen LogP contribution >= 0.6 is 34.4 Å². The highest BCUT2D eigenvalue weighted by Crippen LogP contribution is 2.31. The van der Waals surface area contributed by atoms with E-state index in [2.05, 4.69) is 50.8 Å². The lowest BCUT2D eigenvalue weighted by Gasteiger charge is -2.25. The number of thioether (sulfide) groups is 1. The number of carbonyl (C=O) groups excluding carboxylic acids is 7. The number of primary amides is 1. The van der Waals surface area contributed by atoms with Crippen molar-refractivity contribution in [2.24, 2.45) is 11.7 Å². The van der Waals surface area contributed by atoms with Gasteiger partial charge in [-0.1, -0.05) is 74.8 Å². The molecule has 0 aromatic heterocycles. The van der Waals surface area contributed by atoms with Crippen molar-refractivity contribution < 1.29 is 43.0 Å². The number of hydrogen-bond donors (Lipinski definition) is 5. The molecule has 1 fully saturated rings. The molecule has 0 spiro atoms. The van der Waals surface area contributed by atoms with E-state index in [4.69, 9.17) is 15.2 Å². The SMILES string of the molecule is CCCCCOC(=O)OCc1ccc(NC(=O)[C@H](CCCNC(N)=O)NC(=O)[C@@H](NC(=O)CCCCCN2C(=O)CC(SC(C)I)C2=O)C(C)C)cc1. The fourth-order valence-corrected chi connectivity index (χ4v) is 7.38. The van der Waals surface area contributed by atoms with E-state index in [1.54, 1.807) is 38.1 Å². The highest BCUT2D eigenvalue weighted by Gasteiger charge is 2.39. The van der Waals surface area contributed by atoms with Crippen molar-refractivity contribution in [3.63, 3.8) is 0 Å². The Morgan fingerprint density at radius 3 is 2.30 bits per heavy atom. The normalized spacial score (nSPS) is 15.7. The summed E-state index contributed by atoms with van der Waals surface area (Å²) in [7, 11) is 0. The fraction of sp³-hybridized carbons (Fsp3) is 0.639. The van der Waals surface area contributed by atoms with Crippen LogP contribution in [0, 0.1) is 5.92 Å². The van der Waals surface area contributed by atoms with Gasteiger partial charge in [-0.15, -0.1) is 11.8 Å². The highest BCUT2D eigenvalue weighted by molar-refractivity contribution is 14.1. The van der Waals surface area contributed by atoms with Gasteiger partial charge in [0.1, 0.15) is 18.7 Å². The van der Waals surface area contributed by atoms with Crippen LogP contribution in [0.25, 0.3) is 0 Å². The van der Waals surface area contributed by atoms with Crippen molar-refractivity contribution in [2.75, 3.05) is 25.0 Å². The number of alkyl halides is 1. The van der Waals surface area contributed by atoms with Gasteiger partial charge in [0.15, 0.2) is 0 Å². The summed E-state index contributed by atoms with van der Waals surface area (Å²) in [6, 6.07) is 4.00. The van der Waals surface area contributed by atoms with Crippen LogP contribution in [-0.4, -0.2) is 86.9 Å². The van der Waals surface area contributed by atoms with E-state index in [0.717, 1.165) is 19.3 Å². The van der Waals surface area contributed by atoms with Gasteiger partial charge in [0, 0.05) is 31.6 Å². The Balaban J connectivity index is 1.91. The summed E-state index contributed by atoms with van der Waals surface area (Å²) in [4.78, 5) is 88.9. The number of carbonyl (C=O) groups is 7. The van der Waals surface area contributed by atoms with Gasteiger partial charge in [-0.3, -0.25) is 28.9 Å². The largest absolute Gasteiger partial charge is 0.508 e. The van der Waals surface area contributed by atoms with Crippen LogP contribution < -0.4 is 27.0 Å². The Morgan fingerprint density at radius 1 is 0.943 bits per heavy atom. The first-order valence-electron chi connectivity index (χ1n) is 18.2. The zero-order valence-electron chi connectivity index (χ0n) is 31.1. The van der Waals surface area contributed by atoms with Crippen LogP contribution in [0.1, 0.15) is 97.5 Å². The first-order chi connectivity index (χ1) is 25.2. The highest BCUT2D eigenvalue weighted by atomic mass is 127. The number of ether oxygens (including phenoxy) is 2. The van der Waals surface area contributed by atoms with Gasteiger partial charge in [0.2, 0.25) is 29.5 Å². The molecule has 6 N–H and O–H groups in total. The number of nitrogens with two attached hydrogens (primary N) is 1. The molecule has 4 atom stereocenters. The molecule has 7 amide bonds. The van der Waals surface area contributed by atoms with Gasteiger partial charge in [0.05, 0.1) is 15.1 Å². The quantitative estimate of drug-likeness (QED) is 0.0316. The smallest absolute Gasteiger partial charge is 0.434 e. The number of benzene rings is 1. The van der Waals surface area contributed by atoms with Crippen LogP contribution in [0.3, 0.4) is 0 Å². The van der Waals surface area contributed by atoms with Crippen LogP contribution in [-0.2, 0) is 40.1 Å². The van der Waals surface area contributed by atoms with Crippen molar-refractivity contribution in [1.82, 2.24) is 20.9 Å². The summed E-state index contributed by atoms with van der Waals surface area (Å²) in [6.07, 6.45) is 4.53. The molecule has 1 saturated heterocycles. The molecule has 296 valence electrons. The van der Waals surface area contributed by atoms with Crippen molar-refractivity contribution >= 4 is 81.8 Å². The molecule has 0 saturated carbocycles. The van der Waals surface area contributed by atoms with Crippen molar-refractivity contribution in [3.8, 4) is 0 Å². The second kappa shape index (κ2) is 24.7. The molecular weight excluding hydrogens is 819 g/mol. The number of rotatable bonds is 24. The average molecular weight is 875 g/mol. The van der Waals surface area contributed by atoms with Gasteiger partial charge in [-0.05, 0) is 62.6 Å². The number of anilines is 1. The lowest BCUT2D eigenvalue weighted by Crippen LogP contribution is -2.54. The van der Waals surface area contributed by atoms with E-state index < -0.39 is 36.1 Å². The third kappa shape index (κ3) is 17.8. The average Bonchev–Trinajstić information content (AvgIpc) is 3.36. The monoisotopic (exact) mass is 874 g/mol. The first-order valence-corrected chi connectivity index (χ1v) is 20.4. The van der Waals surface area contributed by atoms with Crippen molar-refractivity contribution in [3.05, 3.63) is 29.8 Å². The van der Waals surface area contributed by atoms with E-state index in [0.29, 0.717) is 50.1 Å². The number of likely N-dealkylation sites (tertiary alicyclic amines) is 1. The summed E-state index contributed by atoms with van der Waals surface area (Å²) in [5, 5.41) is 10.4. The van der Waals surface area contributed by atoms with Gasteiger partial charge < -0.3 is 36.5 Å². The number of halogens is 1. The lowest BCUT2D eigenvalue weighted by atomic mass is 10.0. The van der Waals surface area contributed by atoms with Crippen LogP contribution in [0.4, 0.5) is 15.3 Å². The van der Waals surface area contributed by atoms with Gasteiger partial charge in [0.25, 0.3) is 0 Å². The molecule has 1 aliphatic rings. The molecule has 1 heterocycles. The number of nitrogens with zero attached hydrogens (tertiary/aromatic N) is 1. The topological polar surface area (TPSA) is 215 Å². The maximum atomic E-state index is 13.5. The molecule has 17 heteroatoms. The summed E-state index contributed by atoms with van der Waals surface area (Å²) < 4.78 is 10.4. The number of urea groups is 1. The van der Waals surface area contributed by atoms with Crippen molar-refractivity contribution in [1.29, 1.82) is 0 Å². The minimum absolute atomic E-state index is 0.00659. The Hall–Kier alpha value is -3.61. The van der Waals surface area contributed by atoms with E-state index in [-0.39, 0.29) is 64.6 Å². The Kier molecular flexibility index (Phi) is 21.2. The maximum absolute atomic E-state index is 13.5. The second-order valence-electron chi connectivity index (χ2n) is 13.1. The zero-order chi connectivity index (χ0) is 39.3. The predicted octanol–water partition coefficient (Wildman–Crippen LogP) is 4.74. The molecular formula is C36H55IN6O9S. The standard InChI is InChI=1S/C36H55IN6O9S/c1-5-6-10-20-51-36(50)52-22-25-14-16-26(17-15-25)40-32(46)27(12-11-18-39-35(38)49)41-33(47)31(23(2)3)42-29(44)13-8-7-9-19-43-30(45)21-28(34(43)48)53-24(4)37/h14-17,23-24,27-28,31H,5-13,18-22H2,1-4H3,(H,40,46)(H,41,47)(H,42,44)(H3,38,39,49)/t24?,27-,28?,31-/m0/s1. The Morgan fingerprint density at radius 2 is 1.66 bits per heavy atom. The number of imide groups is 1.